The molecule has 0 radical (unpaired) electrons. The largest absolute Gasteiger partial charge is 0.508 e. The average molecular weight is 533 g/mol. The molecule has 1 aromatic rings. The third-order valence-electron chi connectivity index (χ3n) is 6.30. The van der Waals surface area contributed by atoms with E-state index >= 15 is 0 Å². The lowest BCUT2D eigenvalue weighted by molar-refractivity contribution is -0.149. The molecule has 10 nitrogen and oxygen atoms in total. The number of carbonyl (C=O) groups is 4. The molecule has 212 valence electrons. The van der Waals surface area contributed by atoms with Gasteiger partial charge in [-0.25, -0.2) is 4.79 Å². The van der Waals surface area contributed by atoms with Crippen LogP contribution in [0, 0.1) is 0 Å². The summed E-state index contributed by atoms with van der Waals surface area (Å²) in [6, 6.07) is 3.91. The first kappa shape index (κ1) is 30.9. The van der Waals surface area contributed by atoms with Crippen LogP contribution in [-0.2, 0) is 19.1 Å². The van der Waals surface area contributed by atoms with Crippen LogP contribution in [0.3, 0.4) is 0 Å². The van der Waals surface area contributed by atoms with Crippen LogP contribution in [0.2, 0.25) is 0 Å². The Kier molecular flexibility index (Phi) is 10.6. The summed E-state index contributed by atoms with van der Waals surface area (Å²) in [6.07, 6.45) is 3.85. The predicted octanol–water partition coefficient (Wildman–Crippen LogP) is 3.67. The molecule has 4 amide bonds. The number of phenolic OH excluding ortho intramolecular Hbond substituents is 1. The molecule has 0 saturated heterocycles. The Labute approximate surface area is 225 Å². The van der Waals surface area contributed by atoms with E-state index in [1.807, 2.05) is 0 Å². The third kappa shape index (κ3) is 9.54. The highest BCUT2D eigenvalue weighted by Crippen LogP contribution is 2.32. The Hall–Kier alpha value is -3.30. The van der Waals surface area contributed by atoms with Gasteiger partial charge in [0, 0.05) is 18.0 Å². The van der Waals surface area contributed by atoms with Gasteiger partial charge in [0.15, 0.2) is 0 Å². The molecular formula is C28H44N4O6. The van der Waals surface area contributed by atoms with Crippen molar-refractivity contribution in [2.75, 3.05) is 0 Å². The lowest BCUT2D eigenvalue weighted by Gasteiger charge is -2.43. The SMILES string of the molecule is CC(C)(C)OC(=O)NC(CCC(N)=O)C(=O)N(C(C(=O)NC1CCCCC1)c1ccc(O)cc1)C(C)(C)C. The monoisotopic (exact) mass is 532 g/mol. The second-order valence-electron chi connectivity index (χ2n) is 11.9. The molecule has 0 bridgehead atoms. The molecule has 2 rings (SSSR count). The first-order valence-corrected chi connectivity index (χ1v) is 13.3. The van der Waals surface area contributed by atoms with Gasteiger partial charge in [-0.3, -0.25) is 14.4 Å². The molecule has 0 spiro atoms. The van der Waals surface area contributed by atoms with Crippen LogP contribution in [0.4, 0.5) is 4.79 Å². The van der Waals surface area contributed by atoms with Gasteiger partial charge in [0.25, 0.3) is 0 Å². The Bertz CT molecular complexity index is 975. The number of ether oxygens (including phenoxy) is 1. The van der Waals surface area contributed by atoms with Gasteiger partial charge < -0.3 is 31.1 Å². The van der Waals surface area contributed by atoms with Crippen molar-refractivity contribution in [2.45, 2.75) is 116 Å². The molecule has 5 N–H and O–H groups in total. The van der Waals surface area contributed by atoms with Crippen molar-refractivity contribution in [3.63, 3.8) is 0 Å². The standard InChI is InChI=1S/C28H44N4O6/c1-27(2,3)32(25(36)21(16-17-22(29)34)31-26(37)38-28(4,5)6)23(18-12-14-20(33)15-13-18)24(35)30-19-10-8-7-9-11-19/h12-15,19,21,23,33H,7-11,16-17H2,1-6H3,(H2,29,34)(H,30,35)(H,31,37). The predicted molar refractivity (Wildman–Crippen MR) is 144 cm³/mol. The molecule has 0 aromatic heterocycles. The molecule has 1 saturated carbocycles. The molecule has 1 aromatic carbocycles. The fraction of sp³-hybridized carbons (Fsp3) is 0.643. The highest BCUT2D eigenvalue weighted by atomic mass is 16.6. The summed E-state index contributed by atoms with van der Waals surface area (Å²) in [5, 5.41) is 15.6. The molecule has 1 aliphatic rings. The number of phenols is 1. The average Bonchev–Trinajstić information content (AvgIpc) is 2.79. The lowest BCUT2D eigenvalue weighted by Crippen LogP contribution is -2.59. The van der Waals surface area contributed by atoms with Crippen LogP contribution in [0.15, 0.2) is 24.3 Å². The van der Waals surface area contributed by atoms with E-state index in [9.17, 15) is 24.3 Å². The summed E-state index contributed by atoms with van der Waals surface area (Å²) in [7, 11) is 0. The van der Waals surface area contributed by atoms with E-state index in [4.69, 9.17) is 10.5 Å². The van der Waals surface area contributed by atoms with Gasteiger partial charge >= 0.3 is 6.09 Å². The third-order valence-corrected chi connectivity index (χ3v) is 6.30. The number of benzene rings is 1. The first-order valence-electron chi connectivity index (χ1n) is 13.3. The van der Waals surface area contributed by atoms with Crippen LogP contribution in [0.1, 0.15) is 98.1 Å². The van der Waals surface area contributed by atoms with Gasteiger partial charge in [-0.2, -0.15) is 0 Å². The normalized spacial score (nSPS) is 16.2. The minimum atomic E-state index is -1.17. The van der Waals surface area contributed by atoms with Crippen LogP contribution < -0.4 is 16.4 Å². The number of rotatable bonds is 9. The van der Waals surface area contributed by atoms with E-state index < -0.39 is 41.1 Å². The van der Waals surface area contributed by atoms with Crippen LogP contribution in [0.5, 0.6) is 5.75 Å². The first-order chi connectivity index (χ1) is 17.6. The zero-order valence-corrected chi connectivity index (χ0v) is 23.5. The van der Waals surface area contributed by atoms with Crippen LogP contribution >= 0.6 is 0 Å². The summed E-state index contributed by atoms with van der Waals surface area (Å²) in [5.74, 6) is -1.50. The van der Waals surface area contributed by atoms with E-state index in [1.165, 1.54) is 17.0 Å². The van der Waals surface area contributed by atoms with Crippen molar-refractivity contribution in [3.05, 3.63) is 29.8 Å². The van der Waals surface area contributed by atoms with Gasteiger partial charge in [0.1, 0.15) is 23.4 Å². The summed E-state index contributed by atoms with van der Waals surface area (Å²) < 4.78 is 5.35. The molecule has 2 unspecified atom stereocenters. The quantitative estimate of drug-likeness (QED) is 0.381. The van der Waals surface area contributed by atoms with E-state index in [0.717, 1.165) is 32.1 Å². The second-order valence-corrected chi connectivity index (χ2v) is 11.9. The van der Waals surface area contributed by atoms with E-state index in [-0.39, 0.29) is 30.5 Å². The Morgan fingerprint density at radius 2 is 1.61 bits per heavy atom. The van der Waals surface area contributed by atoms with Crippen molar-refractivity contribution in [3.8, 4) is 5.75 Å². The summed E-state index contributed by atoms with van der Waals surface area (Å²) >= 11 is 0. The number of hydrogen-bond donors (Lipinski definition) is 4. The van der Waals surface area contributed by atoms with Crippen LogP contribution in [-0.4, -0.2) is 57.0 Å². The van der Waals surface area contributed by atoms with E-state index in [1.54, 1.807) is 53.7 Å². The molecule has 2 atom stereocenters. The maximum atomic E-state index is 14.2. The van der Waals surface area contributed by atoms with Crippen molar-refractivity contribution >= 4 is 23.8 Å². The zero-order chi connectivity index (χ0) is 28.7. The number of amides is 4. The van der Waals surface area contributed by atoms with E-state index in [0.29, 0.717) is 5.56 Å². The molecule has 1 aliphatic carbocycles. The highest BCUT2D eigenvalue weighted by Gasteiger charge is 2.42. The molecule has 10 heteroatoms. The maximum absolute atomic E-state index is 14.2. The van der Waals surface area contributed by atoms with Gasteiger partial charge in [0.05, 0.1) is 0 Å². The minimum Gasteiger partial charge on any atom is -0.508 e. The second kappa shape index (κ2) is 13.0. The number of nitrogens with zero attached hydrogens (tertiary/aromatic N) is 1. The minimum absolute atomic E-state index is 0.00154. The summed E-state index contributed by atoms with van der Waals surface area (Å²) in [6.45, 7) is 10.5. The van der Waals surface area contributed by atoms with Gasteiger partial charge in [-0.1, -0.05) is 31.4 Å². The van der Waals surface area contributed by atoms with E-state index in [2.05, 4.69) is 10.6 Å². The summed E-state index contributed by atoms with van der Waals surface area (Å²) in [4.78, 5) is 53.6. The number of primary amides is 1. The van der Waals surface area contributed by atoms with Crippen molar-refractivity contribution in [1.82, 2.24) is 15.5 Å². The van der Waals surface area contributed by atoms with Crippen molar-refractivity contribution in [1.29, 1.82) is 0 Å². The number of carbonyl (C=O) groups excluding carboxylic acids is 4. The fourth-order valence-corrected chi connectivity index (χ4v) is 4.61. The van der Waals surface area contributed by atoms with Gasteiger partial charge in [-0.15, -0.1) is 0 Å². The number of nitrogens with two attached hydrogens (primary N) is 1. The van der Waals surface area contributed by atoms with Crippen molar-refractivity contribution in [2.24, 2.45) is 5.73 Å². The highest BCUT2D eigenvalue weighted by molar-refractivity contribution is 5.93. The number of hydrogen-bond acceptors (Lipinski definition) is 6. The number of alkyl carbamates (subject to hydrolysis) is 1. The smallest absolute Gasteiger partial charge is 0.408 e. The maximum Gasteiger partial charge on any atom is 0.408 e. The lowest BCUT2D eigenvalue weighted by atomic mass is 9.92. The molecule has 0 aliphatic heterocycles. The Morgan fingerprint density at radius 1 is 1.03 bits per heavy atom. The number of nitrogens with one attached hydrogen (secondary N) is 2. The molecule has 0 heterocycles. The summed E-state index contributed by atoms with van der Waals surface area (Å²) in [5.41, 5.74) is 4.19. The van der Waals surface area contributed by atoms with Crippen molar-refractivity contribution < 1.29 is 29.0 Å². The van der Waals surface area contributed by atoms with Crippen LogP contribution in [0.25, 0.3) is 0 Å². The molecular weight excluding hydrogens is 488 g/mol. The zero-order valence-electron chi connectivity index (χ0n) is 23.5. The fourth-order valence-electron chi connectivity index (χ4n) is 4.61. The Morgan fingerprint density at radius 3 is 2.11 bits per heavy atom. The van der Waals surface area contributed by atoms with Gasteiger partial charge in [0.2, 0.25) is 17.7 Å². The topological polar surface area (TPSA) is 151 Å². The molecule has 38 heavy (non-hydrogen) atoms. The molecule has 1 fully saturated rings. The Balaban J connectivity index is 2.50. The number of aromatic hydroxyl groups is 1. The van der Waals surface area contributed by atoms with Gasteiger partial charge in [-0.05, 0) is 78.5 Å².